The molecule has 0 aliphatic carbocycles. The number of carbonyl (C=O) groups excluding carboxylic acids is 2. The summed E-state index contributed by atoms with van der Waals surface area (Å²) in [5.74, 6) is -1.18. The fourth-order valence-corrected chi connectivity index (χ4v) is 6.48. The summed E-state index contributed by atoms with van der Waals surface area (Å²) >= 11 is 1.54. The normalized spacial score (nSPS) is 16.4. The maximum atomic E-state index is 13.0. The van der Waals surface area contributed by atoms with Gasteiger partial charge in [0, 0.05) is 17.7 Å². The molecule has 1 aromatic heterocycles. The smallest absolute Gasteiger partial charge is 0.238 e. The van der Waals surface area contributed by atoms with Crippen molar-refractivity contribution >= 4 is 43.1 Å². The van der Waals surface area contributed by atoms with Crippen LogP contribution in [0.25, 0.3) is 10.2 Å². The molecule has 1 aliphatic rings. The van der Waals surface area contributed by atoms with Gasteiger partial charge in [-0.2, -0.15) is 0 Å². The number of ketones is 1. The molecule has 1 aliphatic heterocycles. The van der Waals surface area contributed by atoms with Crippen molar-refractivity contribution in [3.05, 3.63) is 58.6 Å². The number of aromatic nitrogens is 1. The maximum Gasteiger partial charge on any atom is 0.238 e. The van der Waals surface area contributed by atoms with Gasteiger partial charge in [0.1, 0.15) is 16.5 Å². The zero-order valence-corrected chi connectivity index (χ0v) is 19.5. The molecule has 7 nitrogen and oxygen atoms in total. The summed E-state index contributed by atoms with van der Waals surface area (Å²) in [7, 11) is -2.33. The maximum absolute atomic E-state index is 13.0. The van der Waals surface area contributed by atoms with Crippen molar-refractivity contribution in [1.82, 2.24) is 9.88 Å². The van der Waals surface area contributed by atoms with Crippen LogP contribution in [-0.2, 0) is 20.4 Å². The van der Waals surface area contributed by atoms with Crippen molar-refractivity contribution in [3.8, 4) is 5.75 Å². The number of Topliss-reactive ketones (excluding diaryl/α,β-unsaturated/α-hetero) is 1. The molecule has 0 saturated carbocycles. The summed E-state index contributed by atoms with van der Waals surface area (Å²) < 4.78 is 32.1. The first-order chi connectivity index (χ1) is 15.3. The van der Waals surface area contributed by atoms with Gasteiger partial charge in [-0.05, 0) is 50.1 Å². The lowest BCUT2D eigenvalue weighted by Gasteiger charge is -2.23. The number of benzene rings is 2. The molecule has 0 radical (unpaired) electrons. The molecule has 168 valence electrons. The van der Waals surface area contributed by atoms with E-state index in [1.807, 2.05) is 24.3 Å². The Morgan fingerprint density at radius 1 is 1.22 bits per heavy atom. The van der Waals surface area contributed by atoms with Crippen LogP contribution in [0.5, 0.6) is 5.75 Å². The van der Waals surface area contributed by atoms with Gasteiger partial charge < -0.3 is 9.64 Å². The highest BCUT2D eigenvalue weighted by atomic mass is 32.2. The fourth-order valence-electron chi connectivity index (χ4n) is 4.02. The second kappa shape index (κ2) is 8.99. The Morgan fingerprint density at radius 3 is 2.72 bits per heavy atom. The third-order valence-electron chi connectivity index (χ3n) is 5.57. The summed E-state index contributed by atoms with van der Waals surface area (Å²) in [6.45, 7) is 1.93. The summed E-state index contributed by atoms with van der Waals surface area (Å²) in [5.41, 5.74) is 1.66. The molecule has 2 heterocycles. The number of carbonyl (C=O) groups is 2. The fraction of sp³-hybridized carbons (Fsp3) is 0.348. The average molecular weight is 473 g/mol. The van der Waals surface area contributed by atoms with Crippen LogP contribution in [0.3, 0.4) is 0 Å². The number of methoxy groups -OCH3 is 1. The Labute approximate surface area is 190 Å². The average Bonchev–Trinajstić information content (AvgIpc) is 3.39. The van der Waals surface area contributed by atoms with Crippen molar-refractivity contribution in [2.24, 2.45) is 0 Å². The van der Waals surface area contributed by atoms with Gasteiger partial charge in [0.15, 0.2) is 15.6 Å². The monoisotopic (exact) mass is 472 g/mol. The lowest BCUT2D eigenvalue weighted by Crippen LogP contribution is -2.35. The Bertz CT molecular complexity index is 1250. The molecule has 2 aromatic carbocycles. The number of fused-ring (bicyclic) bond motifs is 1. The highest BCUT2D eigenvalue weighted by Gasteiger charge is 2.34. The van der Waals surface area contributed by atoms with E-state index >= 15 is 0 Å². The molecule has 0 spiro atoms. The number of amides is 1. The Kier molecular flexibility index (Phi) is 6.30. The third-order valence-corrected chi connectivity index (χ3v) is 8.15. The van der Waals surface area contributed by atoms with Gasteiger partial charge in [-0.1, -0.05) is 12.1 Å². The van der Waals surface area contributed by atoms with Crippen LogP contribution in [0.4, 0.5) is 0 Å². The zero-order chi connectivity index (χ0) is 22.9. The molecule has 1 saturated heterocycles. The summed E-state index contributed by atoms with van der Waals surface area (Å²) in [6, 6.07) is 12.3. The van der Waals surface area contributed by atoms with Crippen molar-refractivity contribution < 1.29 is 22.7 Å². The number of sulfone groups is 1. The number of ether oxygens (including phenoxy) is 1. The van der Waals surface area contributed by atoms with E-state index in [1.165, 1.54) is 20.1 Å². The van der Waals surface area contributed by atoms with Crippen LogP contribution < -0.4 is 4.74 Å². The summed E-state index contributed by atoms with van der Waals surface area (Å²) in [6.07, 6.45) is 1.57. The molecular formula is C23H24N2O5S2. The molecular weight excluding hydrogens is 448 g/mol. The highest BCUT2D eigenvalue weighted by molar-refractivity contribution is 7.91. The first-order valence-electron chi connectivity index (χ1n) is 10.3. The number of hydrogen-bond acceptors (Lipinski definition) is 7. The second-order valence-corrected chi connectivity index (χ2v) is 11.0. The van der Waals surface area contributed by atoms with Crippen molar-refractivity contribution in [2.45, 2.75) is 31.6 Å². The minimum Gasteiger partial charge on any atom is -0.496 e. The number of hydrogen-bond donors (Lipinski definition) is 0. The van der Waals surface area contributed by atoms with Crippen LogP contribution in [0.1, 0.15) is 46.7 Å². The SMILES string of the molecule is COc1ccc(C(C)=O)cc1CS(=O)(=O)CC(=O)N1CCC[C@@H]1c1nc2ccccc2s1. The Balaban J connectivity index is 1.52. The molecule has 9 heteroatoms. The van der Waals surface area contributed by atoms with E-state index in [2.05, 4.69) is 4.98 Å². The van der Waals surface area contributed by atoms with Crippen LogP contribution >= 0.6 is 11.3 Å². The van der Waals surface area contributed by atoms with Crippen molar-refractivity contribution in [3.63, 3.8) is 0 Å². The molecule has 32 heavy (non-hydrogen) atoms. The number of likely N-dealkylation sites (tertiary alicyclic amines) is 1. The predicted molar refractivity (Wildman–Crippen MR) is 124 cm³/mol. The van der Waals surface area contributed by atoms with Gasteiger partial charge in [-0.15, -0.1) is 11.3 Å². The standard InChI is InChI=1S/C23H24N2O5S2/c1-15(26)16-9-10-20(30-2)17(12-16)13-32(28,29)14-22(27)25-11-5-7-19(25)23-24-18-6-3-4-8-21(18)31-23/h3-4,6,8-10,12,19H,5,7,11,13-14H2,1-2H3/t19-/m1/s1. The quantitative estimate of drug-likeness (QED) is 0.486. The van der Waals surface area contributed by atoms with E-state index in [9.17, 15) is 18.0 Å². The molecule has 1 amide bonds. The largest absolute Gasteiger partial charge is 0.496 e. The number of thiazole rings is 1. The van der Waals surface area contributed by atoms with Crippen LogP contribution in [0.15, 0.2) is 42.5 Å². The van der Waals surface area contributed by atoms with Crippen LogP contribution in [-0.4, -0.2) is 49.4 Å². The molecule has 0 N–H and O–H groups in total. The predicted octanol–water partition coefficient (Wildman–Crippen LogP) is 3.79. The molecule has 3 aromatic rings. The first kappa shape index (κ1) is 22.4. The second-order valence-electron chi connectivity index (χ2n) is 7.88. The lowest BCUT2D eigenvalue weighted by molar-refractivity contribution is -0.129. The molecule has 1 fully saturated rings. The number of para-hydroxylation sites is 1. The van der Waals surface area contributed by atoms with Gasteiger partial charge in [0.2, 0.25) is 5.91 Å². The first-order valence-corrected chi connectivity index (χ1v) is 12.9. The molecule has 0 bridgehead atoms. The zero-order valence-electron chi connectivity index (χ0n) is 17.9. The lowest BCUT2D eigenvalue weighted by atomic mass is 10.1. The van der Waals surface area contributed by atoms with E-state index in [1.54, 1.807) is 28.4 Å². The Hall–Kier alpha value is -2.78. The van der Waals surface area contributed by atoms with Crippen molar-refractivity contribution in [2.75, 3.05) is 19.4 Å². The minimum absolute atomic E-state index is 0.168. The van der Waals surface area contributed by atoms with E-state index in [-0.39, 0.29) is 17.6 Å². The van der Waals surface area contributed by atoms with Gasteiger partial charge in [0.25, 0.3) is 0 Å². The summed E-state index contributed by atoms with van der Waals surface area (Å²) in [4.78, 5) is 31.0. The molecule has 4 rings (SSSR count). The van der Waals surface area contributed by atoms with Crippen LogP contribution in [0.2, 0.25) is 0 Å². The van der Waals surface area contributed by atoms with E-state index in [4.69, 9.17) is 4.74 Å². The van der Waals surface area contributed by atoms with Crippen molar-refractivity contribution in [1.29, 1.82) is 0 Å². The van der Waals surface area contributed by atoms with E-state index < -0.39 is 21.5 Å². The molecule has 1 atom stereocenters. The molecule has 0 unspecified atom stereocenters. The minimum atomic E-state index is -3.78. The summed E-state index contributed by atoms with van der Waals surface area (Å²) in [5, 5.41) is 0.838. The van der Waals surface area contributed by atoms with Gasteiger partial charge in [0.05, 0.1) is 29.1 Å². The topological polar surface area (TPSA) is 93.6 Å². The van der Waals surface area contributed by atoms with Gasteiger partial charge >= 0.3 is 0 Å². The number of nitrogens with zero attached hydrogens (tertiary/aromatic N) is 2. The third kappa shape index (κ3) is 4.68. The van der Waals surface area contributed by atoms with E-state index in [0.717, 1.165) is 28.1 Å². The highest BCUT2D eigenvalue weighted by Crippen LogP contribution is 2.36. The van der Waals surface area contributed by atoms with Gasteiger partial charge in [-0.25, -0.2) is 13.4 Å². The number of rotatable bonds is 7. The Morgan fingerprint density at radius 2 is 2.00 bits per heavy atom. The van der Waals surface area contributed by atoms with Crippen LogP contribution in [0, 0.1) is 0 Å². The van der Waals surface area contributed by atoms with E-state index in [0.29, 0.717) is 23.4 Å². The van der Waals surface area contributed by atoms with Gasteiger partial charge in [-0.3, -0.25) is 9.59 Å².